The summed E-state index contributed by atoms with van der Waals surface area (Å²) in [6.07, 6.45) is -2.06. The van der Waals surface area contributed by atoms with Crippen LogP contribution in [0.4, 0.5) is 13.2 Å². The zero-order valence-corrected chi connectivity index (χ0v) is 7.38. The van der Waals surface area contributed by atoms with Crippen molar-refractivity contribution in [1.29, 1.82) is 0 Å². The lowest BCUT2D eigenvalue weighted by atomic mass is 9.98. The van der Waals surface area contributed by atoms with Gasteiger partial charge in [-0.15, -0.1) is 0 Å². The highest BCUT2D eigenvalue weighted by atomic mass is 19.4. The number of hydrogen-bond donors (Lipinski definition) is 0. The van der Waals surface area contributed by atoms with E-state index in [0.29, 0.717) is 5.56 Å². The molecule has 1 aromatic rings. The lowest BCUT2D eigenvalue weighted by Gasteiger charge is -2.12. The zero-order chi connectivity index (χ0) is 10.8. The van der Waals surface area contributed by atoms with Crippen molar-refractivity contribution in [1.82, 2.24) is 4.98 Å². The molecule has 0 saturated heterocycles. The first-order valence-electron chi connectivity index (χ1n) is 3.94. The minimum atomic E-state index is -4.78. The number of carbonyl (C=O) groups is 1. The van der Waals surface area contributed by atoms with Crippen LogP contribution >= 0.6 is 0 Å². The van der Waals surface area contributed by atoms with E-state index in [0.717, 1.165) is 0 Å². The third kappa shape index (κ3) is 2.31. The van der Waals surface area contributed by atoms with Crippen molar-refractivity contribution >= 4 is 5.78 Å². The molecule has 1 atom stereocenters. The second-order valence-corrected chi connectivity index (χ2v) is 2.86. The van der Waals surface area contributed by atoms with Crippen LogP contribution < -0.4 is 0 Å². The summed E-state index contributed by atoms with van der Waals surface area (Å²) in [4.78, 5) is 14.5. The van der Waals surface area contributed by atoms with Gasteiger partial charge in [-0.25, -0.2) is 0 Å². The predicted octanol–water partition coefficient (Wildman–Crippen LogP) is 2.32. The summed E-state index contributed by atoms with van der Waals surface area (Å²) >= 11 is 0. The molecule has 1 heterocycles. The lowest BCUT2D eigenvalue weighted by Crippen LogP contribution is -2.27. The molecule has 1 aromatic heterocycles. The Morgan fingerprint density at radius 1 is 1.36 bits per heavy atom. The highest BCUT2D eigenvalue weighted by Crippen LogP contribution is 2.26. The summed E-state index contributed by atoms with van der Waals surface area (Å²) in [6.45, 7) is 1.23. The molecule has 5 heteroatoms. The fourth-order valence-corrected chi connectivity index (χ4v) is 1.05. The summed E-state index contributed by atoms with van der Waals surface area (Å²) in [6, 6.07) is 2.79. The predicted molar refractivity (Wildman–Crippen MR) is 43.7 cm³/mol. The van der Waals surface area contributed by atoms with E-state index in [4.69, 9.17) is 0 Å². The van der Waals surface area contributed by atoms with Crippen LogP contribution in [-0.2, 0) is 4.79 Å². The molecule has 0 saturated carbocycles. The Bertz CT molecular complexity index is 321. The zero-order valence-electron chi connectivity index (χ0n) is 7.38. The molecule has 14 heavy (non-hydrogen) atoms. The van der Waals surface area contributed by atoms with Crippen LogP contribution in [0.2, 0.25) is 0 Å². The van der Waals surface area contributed by atoms with E-state index in [1.165, 1.54) is 31.5 Å². The molecule has 2 nitrogen and oxygen atoms in total. The minimum Gasteiger partial charge on any atom is -0.289 e. The first-order valence-corrected chi connectivity index (χ1v) is 3.94. The molecule has 0 radical (unpaired) electrons. The maximum Gasteiger partial charge on any atom is 0.450 e. The van der Waals surface area contributed by atoms with Crippen LogP contribution in [0.25, 0.3) is 0 Å². The summed E-state index contributed by atoms with van der Waals surface area (Å²) in [5, 5.41) is 0. The maximum absolute atomic E-state index is 12.0. The Labute approximate surface area is 78.8 Å². The molecule has 0 aromatic carbocycles. The summed E-state index contributed by atoms with van der Waals surface area (Å²) in [7, 11) is 0. The highest BCUT2D eigenvalue weighted by Gasteiger charge is 2.41. The number of rotatable bonds is 2. The summed E-state index contributed by atoms with van der Waals surface area (Å²) < 4.78 is 36.1. The second kappa shape index (κ2) is 3.77. The van der Waals surface area contributed by atoms with Gasteiger partial charge in [-0.1, -0.05) is 6.92 Å². The Morgan fingerprint density at radius 2 is 1.86 bits per heavy atom. The first-order chi connectivity index (χ1) is 6.43. The van der Waals surface area contributed by atoms with Gasteiger partial charge in [-0.2, -0.15) is 13.2 Å². The molecule has 0 N–H and O–H groups in total. The molecule has 76 valence electrons. The lowest BCUT2D eigenvalue weighted by molar-refractivity contribution is -0.172. The van der Waals surface area contributed by atoms with Gasteiger partial charge in [-0.05, 0) is 17.7 Å². The summed E-state index contributed by atoms with van der Waals surface area (Å²) in [5.74, 6) is -2.90. The van der Waals surface area contributed by atoms with Gasteiger partial charge in [0.05, 0.1) is 0 Å². The maximum atomic E-state index is 12.0. The Balaban J connectivity index is 2.87. The Morgan fingerprint density at radius 3 is 2.29 bits per heavy atom. The number of nitrogens with zero attached hydrogens (tertiary/aromatic N) is 1. The van der Waals surface area contributed by atoms with E-state index in [1.54, 1.807) is 0 Å². The van der Waals surface area contributed by atoms with Gasteiger partial charge in [0.25, 0.3) is 0 Å². The van der Waals surface area contributed by atoms with E-state index in [9.17, 15) is 18.0 Å². The topological polar surface area (TPSA) is 30.0 Å². The molecular formula is C9H8F3NO. The second-order valence-electron chi connectivity index (χ2n) is 2.86. The van der Waals surface area contributed by atoms with Gasteiger partial charge in [0, 0.05) is 18.3 Å². The average molecular weight is 203 g/mol. The van der Waals surface area contributed by atoms with E-state index < -0.39 is 17.9 Å². The highest BCUT2D eigenvalue weighted by molar-refractivity contribution is 5.90. The van der Waals surface area contributed by atoms with Crippen molar-refractivity contribution in [2.24, 2.45) is 0 Å². The van der Waals surface area contributed by atoms with Gasteiger partial charge in [0.2, 0.25) is 5.78 Å². The van der Waals surface area contributed by atoms with Crippen LogP contribution in [-0.4, -0.2) is 16.9 Å². The molecular weight excluding hydrogens is 195 g/mol. The SMILES string of the molecule is CC(C(=O)C(F)(F)F)c1ccncc1. The van der Waals surface area contributed by atoms with Gasteiger partial charge in [-0.3, -0.25) is 9.78 Å². The fraction of sp³-hybridized carbons (Fsp3) is 0.333. The molecule has 0 aliphatic heterocycles. The molecule has 0 fully saturated rings. The normalized spacial score (nSPS) is 13.7. The van der Waals surface area contributed by atoms with Crippen molar-refractivity contribution in [3.8, 4) is 0 Å². The van der Waals surface area contributed by atoms with Crippen molar-refractivity contribution in [2.75, 3.05) is 0 Å². The van der Waals surface area contributed by atoms with Crippen LogP contribution in [0.15, 0.2) is 24.5 Å². The Kier molecular flexibility index (Phi) is 2.88. The Hall–Kier alpha value is -1.39. The molecule has 1 rings (SSSR count). The fourth-order valence-electron chi connectivity index (χ4n) is 1.05. The first kappa shape index (κ1) is 10.7. The molecule has 0 aliphatic rings. The number of carbonyl (C=O) groups excluding carboxylic acids is 1. The molecule has 0 bridgehead atoms. The third-order valence-electron chi connectivity index (χ3n) is 1.88. The van der Waals surface area contributed by atoms with E-state index in [2.05, 4.69) is 4.98 Å². The molecule has 1 unspecified atom stereocenters. The summed E-state index contributed by atoms with van der Waals surface area (Å²) in [5.41, 5.74) is 0.322. The number of Topliss-reactive ketones (excluding diaryl/α,β-unsaturated/α-hetero) is 1. The largest absolute Gasteiger partial charge is 0.450 e. The van der Waals surface area contributed by atoms with Gasteiger partial charge >= 0.3 is 6.18 Å². The monoisotopic (exact) mass is 203 g/mol. The van der Waals surface area contributed by atoms with Gasteiger partial charge < -0.3 is 0 Å². The van der Waals surface area contributed by atoms with Crippen molar-refractivity contribution in [3.63, 3.8) is 0 Å². The minimum absolute atomic E-state index is 0.322. The standard InChI is InChI=1S/C9H8F3NO/c1-6(8(14)9(10,11)12)7-2-4-13-5-3-7/h2-6H,1H3. The van der Waals surface area contributed by atoms with Crippen LogP contribution in [0.1, 0.15) is 18.4 Å². The van der Waals surface area contributed by atoms with Crippen molar-refractivity contribution in [3.05, 3.63) is 30.1 Å². The van der Waals surface area contributed by atoms with Crippen molar-refractivity contribution in [2.45, 2.75) is 19.0 Å². The van der Waals surface area contributed by atoms with E-state index >= 15 is 0 Å². The number of alkyl halides is 3. The molecule has 0 aliphatic carbocycles. The average Bonchev–Trinajstić information content (AvgIpc) is 2.15. The smallest absolute Gasteiger partial charge is 0.289 e. The van der Waals surface area contributed by atoms with Crippen molar-refractivity contribution < 1.29 is 18.0 Å². The van der Waals surface area contributed by atoms with Crippen LogP contribution in [0.5, 0.6) is 0 Å². The van der Waals surface area contributed by atoms with Gasteiger partial charge in [0.15, 0.2) is 0 Å². The van der Waals surface area contributed by atoms with Crippen LogP contribution in [0, 0.1) is 0 Å². The number of ketones is 1. The molecule has 0 spiro atoms. The number of aromatic nitrogens is 1. The third-order valence-corrected chi connectivity index (χ3v) is 1.88. The number of halogens is 3. The van der Waals surface area contributed by atoms with Crippen LogP contribution in [0.3, 0.4) is 0 Å². The quantitative estimate of drug-likeness (QED) is 0.738. The van der Waals surface area contributed by atoms with E-state index in [-0.39, 0.29) is 0 Å². The van der Waals surface area contributed by atoms with Gasteiger partial charge in [0.1, 0.15) is 0 Å². The van der Waals surface area contributed by atoms with E-state index in [1.807, 2.05) is 0 Å². The number of pyridine rings is 1. The molecule has 0 amide bonds. The number of hydrogen-bond acceptors (Lipinski definition) is 2.